The lowest BCUT2D eigenvalue weighted by molar-refractivity contribution is 0.0872. The van der Waals surface area contributed by atoms with Crippen LogP contribution in [0.5, 0.6) is 0 Å². The number of hydrogen-bond donors (Lipinski definition) is 0. The number of fused-ring (bicyclic) bond motifs is 2. The highest BCUT2D eigenvalue weighted by molar-refractivity contribution is 6.31. The van der Waals surface area contributed by atoms with Gasteiger partial charge in [-0.15, -0.1) is 0 Å². The fourth-order valence-electron chi connectivity index (χ4n) is 7.97. The Morgan fingerprint density at radius 2 is 0.679 bits per heavy atom. The van der Waals surface area contributed by atoms with Crippen LogP contribution in [0.2, 0.25) is 20.1 Å². The summed E-state index contributed by atoms with van der Waals surface area (Å²) in [6, 6.07) is 43.8. The third-order valence-corrected chi connectivity index (χ3v) is 11.8. The second-order valence-electron chi connectivity index (χ2n) is 14.2. The Morgan fingerprint density at radius 3 is 1.00 bits per heavy atom. The van der Waals surface area contributed by atoms with Crippen LogP contribution in [-0.2, 0) is 12.8 Å². The number of carbonyl (C=O) groups excluding carboxylic acids is 4. The first-order valence-corrected chi connectivity index (χ1v) is 19.9. The van der Waals surface area contributed by atoms with Gasteiger partial charge in [-0.05, 0) is 132 Å². The van der Waals surface area contributed by atoms with Gasteiger partial charge in [0, 0.05) is 78.9 Å². The molecule has 0 spiro atoms. The summed E-state index contributed by atoms with van der Waals surface area (Å²) in [5.74, 6) is -0.627. The molecule has 2 aliphatic carbocycles. The maximum absolute atomic E-state index is 13.2. The molecule has 0 aromatic heterocycles. The van der Waals surface area contributed by atoms with Crippen LogP contribution in [0.3, 0.4) is 0 Å². The first kappa shape index (κ1) is 39.4. The molecule has 0 N–H and O–H groups in total. The van der Waals surface area contributed by atoms with Crippen LogP contribution in [0.15, 0.2) is 146 Å². The predicted octanol–water partition coefficient (Wildman–Crippen LogP) is 12.8. The summed E-state index contributed by atoms with van der Waals surface area (Å²) < 4.78 is 0. The Morgan fingerprint density at radius 1 is 0.393 bits per heavy atom. The van der Waals surface area contributed by atoms with Crippen LogP contribution in [0.4, 0.5) is 0 Å². The zero-order valence-electron chi connectivity index (χ0n) is 30.1. The van der Waals surface area contributed by atoms with E-state index < -0.39 is 0 Å². The highest BCUT2D eigenvalue weighted by atomic mass is 35.5. The molecule has 0 bridgehead atoms. The maximum atomic E-state index is 13.2. The summed E-state index contributed by atoms with van der Waals surface area (Å²) in [6.07, 6.45) is 1.89. The van der Waals surface area contributed by atoms with Crippen molar-refractivity contribution in [2.75, 3.05) is 0 Å². The summed E-state index contributed by atoms with van der Waals surface area (Å²) in [5.41, 5.74) is 6.97. The van der Waals surface area contributed by atoms with E-state index in [0.29, 0.717) is 68.0 Å². The molecule has 6 aromatic rings. The van der Waals surface area contributed by atoms with Gasteiger partial charge >= 0.3 is 0 Å². The van der Waals surface area contributed by atoms with E-state index in [2.05, 4.69) is 0 Å². The predicted molar refractivity (Wildman–Crippen MR) is 225 cm³/mol. The standard InChI is InChI=1S/2C24H18Cl2O2/c2*25-18-9-5-15(6-10-18)23(27)14-21-20-4-2-1-3-17(20)13-22(21)24(28)16-7-11-19(26)12-8-16/h2*1-12,21-22H,13-14H2/t2*21-,22-/m11/s1. The van der Waals surface area contributed by atoms with Gasteiger partial charge in [0.25, 0.3) is 0 Å². The Kier molecular flexibility index (Phi) is 12.3. The smallest absolute Gasteiger partial charge is 0.166 e. The molecule has 0 unspecified atom stereocenters. The van der Waals surface area contributed by atoms with Gasteiger partial charge < -0.3 is 0 Å². The largest absolute Gasteiger partial charge is 0.294 e. The van der Waals surface area contributed by atoms with Gasteiger partial charge in [-0.25, -0.2) is 0 Å². The molecule has 280 valence electrons. The molecule has 0 aliphatic heterocycles. The van der Waals surface area contributed by atoms with Gasteiger partial charge in [-0.2, -0.15) is 0 Å². The molecule has 4 atom stereocenters. The van der Waals surface area contributed by atoms with Gasteiger partial charge in [0.2, 0.25) is 0 Å². The van der Waals surface area contributed by atoms with Gasteiger partial charge in [0.1, 0.15) is 0 Å². The topological polar surface area (TPSA) is 68.3 Å². The zero-order chi connectivity index (χ0) is 39.3. The molecule has 2 aliphatic rings. The maximum Gasteiger partial charge on any atom is 0.166 e. The van der Waals surface area contributed by atoms with E-state index in [1.165, 1.54) is 0 Å². The van der Waals surface area contributed by atoms with Crippen LogP contribution in [0, 0.1) is 11.8 Å². The minimum atomic E-state index is -0.255. The molecule has 0 amide bonds. The summed E-state index contributed by atoms with van der Waals surface area (Å²) in [7, 11) is 0. The number of carbonyl (C=O) groups is 4. The number of halogens is 4. The van der Waals surface area contributed by atoms with Crippen molar-refractivity contribution in [2.45, 2.75) is 37.5 Å². The van der Waals surface area contributed by atoms with Crippen LogP contribution < -0.4 is 0 Å². The van der Waals surface area contributed by atoms with Crippen molar-refractivity contribution in [1.82, 2.24) is 0 Å². The second kappa shape index (κ2) is 17.5. The number of benzene rings is 6. The Balaban J connectivity index is 0.000000172. The summed E-state index contributed by atoms with van der Waals surface area (Å²) in [6.45, 7) is 0. The van der Waals surface area contributed by atoms with E-state index in [9.17, 15) is 19.2 Å². The first-order chi connectivity index (χ1) is 27.0. The van der Waals surface area contributed by atoms with E-state index >= 15 is 0 Å². The van der Waals surface area contributed by atoms with Crippen LogP contribution in [0.25, 0.3) is 0 Å². The highest BCUT2D eigenvalue weighted by Crippen LogP contribution is 2.44. The summed E-state index contributed by atoms with van der Waals surface area (Å²) in [5, 5.41) is 2.39. The van der Waals surface area contributed by atoms with Gasteiger partial charge in [0.05, 0.1) is 0 Å². The third kappa shape index (κ3) is 8.90. The quantitative estimate of drug-likeness (QED) is 0.129. The molecule has 8 rings (SSSR count). The first-order valence-electron chi connectivity index (χ1n) is 18.4. The zero-order valence-corrected chi connectivity index (χ0v) is 33.2. The molecule has 0 fully saturated rings. The van der Waals surface area contributed by atoms with E-state index in [-0.39, 0.29) is 46.8 Å². The molecule has 0 saturated carbocycles. The van der Waals surface area contributed by atoms with Crippen molar-refractivity contribution in [3.05, 3.63) is 210 Å². The Hall–Kier alpha value is -4.84. The number of Topliss-reactive ketones (excluding diaryl/α,β-unsaturated/α-hetero) is 4. The van der Waals surface area contributed by atoms with Gasteiger partial charge in [0.15, 0.2) is 23.1 Å². The highest BCUT2D eigenvalue weighted by Gasteiger charge is 2.40. The minimum Gasteiger partial charge on any atom is -0.294 e. The average molecular weight is 819 g/mol. The molecule has 4 nitrogen and oxygen atoms in total. The Labute approximate surface area is 346 Å². The molecule has 0 heterocycles. The van der Waals surface area contributed by atoms with Gasteiger partial charge in [-0.3, -0.25) is 19.2 Å². The number of ketones is 4. The van der Waals surface area contributed by atoms with Crippen molar-refractivity contribution < 1.29 is 19.2 Å². The minimum absolute atomic E-state index is 0.0206. The summed E-state index contributed by atoms with van der Waals surface area (Å²) in [4.78, 5) is 52.3. The van der Waals surface area contributed by atoms with Gasteiger partial charge in [-0.1, -0.05) is 94.9 Å². The SMILES string of the molecule is O=C(C[C@@H]1c2ccccc2C[C@H]1C(=O)c1ccc(Cl)cc1)c1ccc(Cl)cc1.O=C(C[C@@H]1c2ccccc2C[C@H]1C(=O)c1ccc(Cl)cc1)c1ccc(Cl)cc1. The van der Waals surface area contributed by atoms with E-state index in [0.717, 1.165) is 22.3 Å². The Bertz CT molecular complexity index is 2220. The lowest BCUT2D eigenvalue weighted by atomic mass is 9.82. The average Bonchev–Trinajstić information content (AvgIpc) is 3.77. The summed E-state index contributed by atoms with van der Waals surface area (Å²) >= 11 is 23.8. The van der Waals surface area contributed by atoms with Crippen molar-refractivity contribution in [3.63, 3.8) is 0 Å². The van der Waals surface area contributed by atoms with E-state index in [1.54, 1.807) is 97.1 Å². The van der Waals surface area contributed by atoms with Crippen LogP contribution >= 0.6 is 46.4 Å². The molecule has 6 aromatic carbocycles. The molecule has 56 heavy (non-hydrogen) atoms. The lowest BCUT2D eigenvalue weighted by Crippen LogP contribution is -2.22. The molecular weight excluding hydrogens is 782 g/mol. The fraction of sp³-hybridized carbons (Fsp3) is 0.167. The van der Waals surface area contributed by atoms with Crippen LogP contribution in [0.1, 0.15) is 88.4 Å². The normalized spacial score (nSPS) is 17.9. The second-order valence-corrected chi connectivity index (χ2v) is 16.0. The lowest BCUT2D eigenvalue weighted by Gasteiger charge is -2.19. The van der Waals surface area contributed by atoms with Crippen molar-refractivity contribution >= 4 is 69.5 Å². The van der Waals surface area contributed by atoms with Crippen LogP contribution in [-0.4, -0.2) is 23.1 Å². The van der Waals surface area contributed by atoms with Crippen molar-refractivity contribution in [2.24, 2.45) is 11.8 Å². The van der Waals surface area contributed by atoms with Crippen molar-refractivity contribution in [3.8, 4) is 0 Å². The molecule has 8 heteroatoms. The number of hydrogen-bond acceptors (Lipinski definition) is 4. The van der Waals surface area contributed by atoms with E-state index in [1.807, 2.05) is 48.5 Å². The van der Waals surface area contributed by atoms with E-state index in [4.69, 9.17) is 46.4 Å². The molecule has 0 saturated heterocycles. The molecule has 0 radical (unpaired) electrons. The number of rotatable bonds is 10. The monoisotopic (exact) mass is 816 g/mol. The molecular formula is C48H36Cl4O4. The third-order valence-electron chi connectivity index (χ3n) is 10.8. The fourth-order valence-corrected chi connectivity index (χ4v) is 8.48. The van der Waals surface area contributed by atoms with Crippen molar-refractivity contribution in [1.29, 1.82) is 0 Å².